The number of rotatable bonds is 3. The quantitative estimate of drug-likeness (QED) is 0.730. The van der Waals surface area contributed by atoms with Crippen molar-refractivity contribution in [1.82, 2.24) is 9.55 Å². The van der Waals surface area contributed by atoms with Crippen LogP contribution in [-0.2, 0) is 6.54 Å². The van der Waals surface area contributed by atoms with Crippen molar-refractivity contribution in [3.8, 4) is 11.9 Å². The zero-order valence-electron chi connectivity index (χ0n) is 11.1. The molecular weight excluding hydrogens is 250 g/mol. The number of ether oxygens (including phenoxy) is 1. The molecule has 0 aliphatic rings. The Balaban J connectivity index is 2.05. The molecule has 1 aromatic carbocycles. The molecule has 0 radical (unpaired) electrons. The molecule has 98 valence electrons. The van der Waals surface area contributed by atoms with Crippen molar-refractivity contribution in [2.75, 3.05) is 7.11 Å². The topological polar surface area (TPSA) is 50.8 Å². The molecule has 2 heterocycles. The maximum absolute atomic E-state index is 9.01. The largest absolute Gasteiger partial charge is 0.481 e. The van der Waals surface area contributed by atoms with Crippen LogP contribution in [0, 0.1) is 11.3 Å². The lowest BCUT2D eigenvalue weighted by Gasteiger charge is -2.09. The lowest BCUT2D eigenvalue weighted by atomic mass is 10.2. The lowest BCUT2D eigenvalue weighted by Crippen LogP contribution is -2.01. The summed E-state index contributed by atoms with van der Waals surface area (Å²) in [5, 5.41) is 10.1. The Hall–Kier alpha value is -2.80. The number of benzene rings is 1. The van der Waals surface area contributed by atoms with Crippen molar-refractivity contribution in [1.29, 1.82) is 5.26 Å². The van der Waals surface area contributed by atoms with Crippen LogP contribution in [0.3, 0.4) is 0 Å². The van der Waals surface area contributed by atoms with Crippen LogP contribution in [0.4, 0.5) is 0 Å². The van der Waals surface area contributed by atoms with Gasteiger partial charge in [-0.15, -0.1) is 0 Å². The lowest BCUT2D eigenvalue weighted by molar-refractivity contribution is 0.391. The zero-order valence-corrected chi connectivity index (χ0v) is 11.1. The fourth-order valence-electron chi connectivity index (χ4n) is 2.30. The smallest absolute Gasteiger partial charge is 0.218 e. The Morgan fingerprint density at radius 1 is 1.30 bits per heavy atom. The molecule has 0 atom stereocenters. The normalized spacial score (nSPS) is 10.4. The van der Waals surface area contributed by atoms with E-state index in [1.165, 1.54) is 0 Å². The number of hydrogen-bond donors (Lipinski definition) is 0. The van der Waals surface area contributed by atoms with Gasteiger partial charge in [0.05, 0.1) is 25.3 Å². The van der Waals surface area contributed by atoms with Gasteiger partial charge in [0.15, 0.2) is 0 Å². The van der Waals surface area contributed by atoms with Crippen molar-refractivity contribution >= 4 is 10.9 Å². The van der Waals surface area contributed by atoms with Gasteiger partial charge in [-0.05, 0) is 29.7 Å². The van der Waals surface area contributed by atoms with Crippen molar-refractivity contribution in [3.05, 3.63) is 59.9 Å². The van der Waals surface area contributed by atoms with E-state index in [0.717, 1.165) is 16.5 Å². The van der Waals surface area contributed by atoms with E-state index in [4.69, 9.17) is 10.00 Å². The summed E-state index contributed by atoms with van der Waals surface area (Å²) in [5.74, 6) is 0.630. The molecule has 0 saturated heterocycles. The summed E-state index contributed by atoms with van der Waals surface area (Å²) >= 11 is 0. The first-order chi connectivity index (χ1) is 9.81. The molecule has 3 aromatic rings. The van der Waals surface area contributed by atoms with Crippen molar-refractivity contribution in [2.24, 2.45) is 0 Å². The predicted octanol–water partition coefficient (Wildman–Crippen LogP) is 2.96. The maximum atomic E-state index is 9.01. The van der Waals surface area contributed by atoms with Gasteiger partial charge in [-0.1, -0.05) is 12.1 Å². The minimum Gasteiger partial charge on any atom is -0.481 e. The highest BCUT2D eigenvalue weighted by Gasteiger charge is 2.07. The second-order valence-corrected chi connectivity index (χ2v) is 4.50. The molecule has 20 heavy (non-hydrogen) atoms. The number of fused-ring (bicyclic) bond motifs is 1. The van der Waals surface area contributed by atoms with E-state index in [2.05, 4.69) is 15.6 Å². The van der Waals surface area contributed by atoms with E-state index in [9.17, 15) is 0 Å². The SMILES string of the molecule is COc1ncccc1Cn1ccc2ccc(C#N)cc21. The second kappa shape index (κ2) is 5.06. The monoisotopic (exact) mass is 263 g/mol. The highest BCUT2D eigenvalue weighted by molar-refractivity contribution is 5.81. The Kier molecular flexibility index (Phi) is 3.10. The highest BCUT2D eigenvalue weighted by atomic mass is 16.5. The van der Waals surface area contributed by atoms with E-state index in [0.29, 0.717) is 18.0 Å². The van der Waals surface area contributed by atoms with Gasteiger partial charge in [-0.25, -0.2) is 4.98 Å². The first kappa shape index (κ1) is 12.2. The average Bonchev–Trinajstić information content (AvgIpc) is 2.90. The van der Waals surface area contributed by atoms with Crippen LogP contribution in [0.5, 0.6) is 5.88 Å². The molecule has 2 aromatic heterocycles. The van der Waals surface area contributed by atoms with Gasteiger partial charge in [0, 0.05) is 23.5 Å². The van der Waals surface area contributed by atoms with Crippen LogP contribution in [0.15, 0.2) is 48.8 Å². The van der Waals surface area contributed by atoms with Gasteiger partial charge in [-0.3, -0.25) is 0 Å². The Bertz CT molecular complexity index is 799. The second-order valence-electron chi connectivity index (χ2n) is 4.50. The first-order valence-corrected chi connectivity index (χ1v) is 6.28. The van der Waals surface area contributed by atoms with Crippen molar-refractivity contribution in [3.63, 3.8) is 0 Å². The number of pyridine rings is 1. The van der Waals surface area contributed by atoms with E-state index in [1.54, 1.807) is 13.3 Å². The molecular formula is C16H13N3O. The van der Waals surface area contributed by atoms with Crippen molar-refractivity contribution in [2.45, 2.75) is 6.54 Å². The van der Waals surface area contributed by atoms with Crippen LogP contribution < -0.4 is 4.74 Å². The number of nitriles is 1. The van der Waals surface area contributed by atoms with E-state index in [-0.39, 0.29) is 0 Å². The van der Waals surface area contributed by atoms with Gasteiger partial charge in [-0.2, -0.15) is 5.26 Å². The predicted molar refractivity (Wildman–Crippen MR) is 76.5 cm³/mol. The van der Waals surface area contributed by atoms with Crippen LogP contribution in [0.1, 0.15) is 11.1 Å². The van der Waals surface area contributed by atoms with Crippen LogP contribution in [0.2, 0.25) is 0 Å². The molecule has 0 unspecified atom stereocenters. The van der Waals surface area contributed by atoms with Crippen LogP contribution >= 0.6 is 0 Å². The molecule has 0 N–H and O–H groups in total. The number of nitrogens with zero attached hydrogens (tertiary/aromatic N) is 3. The third kappa shape index (κ3) is 2.10. The summed E-state index contributed by atoms with van der Waals surface area (Å²) < 4.78 is 7.37. The molecule has 4 heteroatoms. The fourth-order valence-corrected chi connectivity index (χ4v) is 2.30. The van der Waals surface area contributed by atoms with Crippen LogP contribution in [-0.4, -0.2) is 16.7 Å². The van der Waals surface area contributed by atoms with Gasteiger partial charge >= 0.3 is 0 Å². The highest BCUT2D eigenvalue weighted by Crippen LogP contribution is 2.21. The third-order valence-corrected chi connectivity index (χ3v) is 3.29. The molecule has 0 aliphatic carbocycles. The van der Waals surface area contributed by atoms with E-state index >= 15 is 0 Å². The number of hydrogen-bond acceptors (Lipinski definition) is 3. The Morgan fingerprint density at radius 3 is 3.00 bits per heavy atom. The first-order valence-electron chi connectivity index (χ1n) is 6.28. The summed E-state index contributed by atoms with van der Waals surface area (Å²) in [6.07, 6.45) is 3.72. The minimum atomic E-state index is 0.630. The van der Waals surface area contributed by atoms with Gasteiger partial charge in [0.25, 0.3) is 0 Å². The zero-order chi connectivity index (χ0) is 13.9. The molecule has 0 spiro atoms. The minimum absolute atomic E-state index is 0.630. The average molecular weight is 263 g/mol. The summed E-state index contributed by atoms with van der Waals surface area (Å²) in [5.41, 5.74) is 2.71. The molecule has 0 saturated carbocycles. The standard InChI is InChI=1S/C16H13N3O/c1-20-16-14(3-2-7-18-16)11-19-8-6-13-5-4-12(10-17)9-15(13)19/h2-9H,11H2,1H3. The van der Waals surface area contributed by atoms with E-state index in [1.807, 2.05) is 42.6 Å². The summed E-state index contributed by atoms with van der Waals surface area (Å²) in [4.78, 5) is 4.20. The van der Waals surface area contributed by atoms with Gasteiger partial charge in [0.1, 0.15) is 0 Å². The summed E-state index contributed by atoms with van der Waals surface area (Å²) in [6.45, 7) is 0.662. The number of methoxy groups -OCH3 is 1. The van der Waals surface area contributed by atoms with E-state index < -0.39 is 0 Å². The van der Waals surface area contributed by atoms with Crippen LogP contribution in [0.25, 0.3) is 10.9 Å². The number of aromatic nitrogens is 2. The molecule has 4 nitrogen and oxygen atoms in total. The van der Waals surface area contributed by atoms with Crippen molar-refractivity contribution < 1.29 is 4.74 Å². The third-order valence-electron chi connectivity index (χ3n) is 3.29. The molecule has 0 amide bonds. The molecule has 3 rings (SSSR count). The summed E-state index contributed by atoms with van der Waals surface area (Å²) in [6, 6.07) is 13.8. The van der Waals surface area contributed by atoms with Gasteiger partial charge < -0.3 is 9.30 Å². The maximum Gasteiger partial charge on any atom is 0.218 e. The molecule has 0 aliphatic heterocycles. The van der Waals surface area contributed by atoms with Gasteiger partial charge in [0.2, 0.25) is 5.88 Å². The fraction of sp³-hybridized carbons (Fsp3) is 0.125. The molecule has 0 fully saturated rings. The Labute approximate surface area is 116 Å². The molecule has 0 bridgehead atoms. The summed E-state index contributed by atoms with van der Waals surface area (Å²) in [7, 11) is 1.62. The Morgan fingerprint density at radius 2 is 2.20 bits per heavy atom.